The van der Waals surface area contributed by atoms with Gasteiger partial charge in [0.15, 0.2) is 0 Å². The Morgan fingerprint density at radius 1 is 1.32 bits per heavy atom. The zero-order valence-electron chi connectivity index (χ0n) is 15.1. The van der Waals surface area contributed by atoms with Crippen LogP contribution in [0.2, 0.25) is 5.02 Å². The predicted octanol–water partition coefficient (Wildman–Crippen LogP) is 2.38. The summed E-state index contributed by atoms with van der Waals surface area (Å²) in [5.74, 6) is 1.12. The van der Waals surface area contributed by atoms with Gasteiger partial charge in [0.2, 0.25) is 5.91 Å². The number of hydrogen-bond acceptors (Lipinski definition) is 4. The Morgan fingerprint density at radius 3 is 2.76 bits per heavy atom. The van der Waals surface area contributed by atoms with Gasteiger partial charge in [-0.25, -0.2) is 0 Å². The number of halogens is 1. The molecule has 3 rings (SSSR count). The van der Waals surface area contributed by atoms with Gasteiger partial charge in [-0.2, -0.15) is 0 Å². The molecule has 1 unspecified atom stereocenters. The highest BCUT2D eigenvalue weighted by atomic mass is 35.5. The summed E-state index contributed by atoms with van der Waals surface area (Å²) in [6.07, 6.45) is 3.45. The van der Waals surface area contributed by atoms with Crippen molar-refractivity contribution in [3.05, 3.63) is 28.3 Å². The predicted molar refractivity (Wildman–Crippen MR) is 100 cm³/mol. The Balaban J connectivity index is 1.92. The minimum Gasteiger partial charge on any atom is -0.496 e. The number of piperidine rings is 1. The zero-order chi connectivity index (χ0) is 17.8. The summed E-state index contributed by atoms with van der Waals surface area (Å²) in [5, 5.41) is 7.33. The van der Waals surface area contributed by atoms with Gasteiger partial charge in [0.1, 0.15) is 5.75 Å². The first-order valence-corrected chi connectivity index (χ1v) is 9.54. The maximum Gasteiger partial charge on any atom is 0.227 e. The molecule has 138 valence electrons. The van der Waals surface area contributed by atoms with Crippen molar-refractivity contribution >= 4 is 17.5 Å². The van der Waals surface area contributed by atoms with Crippen LogP contribution >= 0.6 is 11.6 Å². The molecule has 1 aromatic rings. The molecule has 0 bridgehead atoms. The molecule has 25 heavy (non-hydrogen) atoms. The van der Waals surface area contributed by atoms with E-state index in [2.05, 4.69) is 10.6 Å². The van der Waals surface area contributed by atoms with Gasteiger partial charge >= 0.3 is 0 Å². The van der Waals surface area contributed by atoms with Crippen LogP contribution in [0.5, 0.6) is 5.75 Å². The summed E-state index contributed by atoms with van der Waals surface area (Å²) < 4.78 is 5.55. The fourth-order valence-corrected chi connectivity index (χ4v) is 4.47. The van der Waals surface area contributed by atoms with Gasteiger partial charge in [0.25, 0.3) is 0 Å². The van der Waals surface area contributed by atoms with Crippen molar-refractivity contribution in [2.75, 3.05) is 40.3 Å². The van der Waals surface area contributed by atoms with Crippen LogP contribution in [-0.2, 0) is 11.3 Å². The Hall–Kier alpha value is -1.30. The van der Waals surface area contributed by atoms with E-state index < -0.39 is 0 Å². The summed E-state index contributed by atoms with van der Waals surface area (Å²) in [4.78, 5) is 15.2. The molecule has 2 atom stereocenters. The van der Waals surface area contributed by atoms with Crippen molar-refractivity contribution in [3.63, 3.8) is 0 Å². The molecule has 0 spiro atoms. The third-order valence-electron chi connectivity index (χ3n) is 5.40. The second-order valence-electron chi connectivity index (χ2n) is 6.93. The van der Waals surface area contributed by atoms with Crippen molar-refractivity contribution < 1.29 is 9.53 Å². The highest BCUT2D eigenvalue weighted by Gasteiger charge is 2.39. The SMILES string of the molecule is CNCc1c(OC)ccc(Cl)c1[C@@H]1CNCC1C(=O)N1CCCCC1. The maximum absolute atomic E-state index is 13.1. The number of hydrogen-bond donors (Lipinski definition) is 2. The van der Waals surface area contributed by atoms with Crippen LogP contribution in [0.3, 0.4) is 0 Å². The smallest absolute Gasteiger partial charge is 0.227 e. The fourth-order valence-electron chi connectivity index (χ4n) is 4.16. The van der Waals surface area contributed by atoms with E-state index in [1.54, 1.807) is 7.11 Å². The molecule has 2 saturated heterocycles. The average molecular weight is 366 g/mol. The number of methoxy groups -OCH3 is 1. The number of rotatable bonds is 5. The average Bonchev–Trinajstić information content (AvgIpc) is 3.11. The molecule has 2 aliphatic rings. The summed E-state index contributed by atoms with van der Waals surface area (Å²) >= 11 is 6.59. The number of carbonyl (C=O) groups is 1. The first kappa shape index (κ1) is 18.5. The van der Waals surface area contributed by atoms with Gasteiger partial charge in [-0.1, -0.05) is 11.6 Å². The lowest BCUT2D eigenvalue weighted by atomic mass is 9.84. The molecular weight excluding hydrogens is 338 g/mol. The molecule has 2 fully saturated rings. The van der Waals surface area contributed by atoms with Gasteiger partial charge in [0, 0.05) is 49.2 Å². The summed E-state index contributed by atoms with van der Waals surface area (Å²) in [6, 6.07) is 3.79. The van der Waals surface area contributed by atoms with Crippen LogP contribution < -0.4 is 15.4 Å². The fraction of sp³-hybridized carbons (Fsp3) is 0.632. The minimum absolute atomic E-state index is 0.0571. The van der Waals surface area contributed by atoms with Gasteiger partial charge in [0.05, 0.1) is 13.0 Å². The number of benzene rings is 1. The summed E-state index contributed by atoms with van der Waals surface area (Å²) in [7, 11) is 3.59. The molecule has 2 aliphatic heterocycles. The highest BCUT2D eigenvalue weighted by Crippen LogP contribution is 2.40. The third kappa shape index (κ3) is 3.78. The highest BCUT2D eigenvalue weighted by molar-refractivity contribution is 6.31. The quantitative estimate of drug-likeness (QED) is 0.841. The second-order valence-corrected chi connectivity index (χ2v) is 7.34. The lowest BCUT2D eigenvalue weighted by molar-refractivity contribution is -0.136. The van der Waals surface area contributed by atoms with E-state index in [9.17, 15) is 4.79 Å². The molecule has 6 heteroatoms. The molecule has 0 saturated carbocycles. The van der Waals surface area contributed by atoms with E-state index in [-0.39, 0.29) is 17.7 Å². The lowest BCUT2D eigenvalue weighted by Gasteiger charge is -2.32. The monoisotopic (exact) mass is 365 g/mol. The van der Waals surface area contributed by atoms with Crippen LogP contribution in [0.1, 0.15) is 36.3 Å². The molecule has 2 heterocycles. The summed E-state index contributed by atoms with van der Waals surface area (Å²) in [6.45, 7) is 3.93. The molecule has 5 nitrogen and oxygen atoms in total. The Morgan fingerprint density at radius 2 is 2.08 bits per heavy atom. The van der Waals surface area contributed by atoms with Crippen molar-refractivity contribution in [2.24, 2.45) is 5.92 Å². The maximum atomic E-state index is 13.1. The Bertz CT molecular complexity index is 617. The number of amides is 1. The van der Waals surface area contributed by atoms with Crippen molar-refractivity contribution in [1.29, 1.82) is 0 Å². The van der Waals surface area contributed by atoms with E-state index >= 15 is 0 Å². The van der Waals surface area contributed by atoms with Gasteiger partial charge in [-0.15, -0.1) is 0 Å². The van der Waals surface area contributed by atoms with E-state index in [1.165, 1.54) is 6.42 Å². The largest absolute Gasteiger partial charge is 0.496 e. The first-order valence-electron chi connectivity index (χ1n) is 9.16. The van der Waals surface area contributed by atoms with Crippen LogP contribution in [0.15, 0.2) is 12.1 Å². The first-order chi connectivity index (χ1) is 12.2. The van der Waals surface area contributed by atoms with Crippen LogP contribution in [0, 0.1) is 5.92 Å². The minimum atomic E-state index is -0.0571. The number of nitrogens with zero attached hydrogens (tertiary/aromatic N) is 1. The molecular formula is C19H28ClN3O2. The van der Waals surface area contributed by atoms with Crippen LogP contribution in [-0.4, -0.2) is 51.1 Å². The molecule has 1 amide bonds. The van der Waals surface area contributed by atoms with E-state index in [4.69, 9.17) is 16.3 Å². The number of likely N-dealkylation sites (tertiary alicyclic amines) is 1. The molecule has 2 N–H and O–H groups in total. The Labute approximate surface area is 155 Å². The number of ether oxygens (including phenoxy) is 1. The van der Waals surface area contributed by atoms with Gasteiger partial charge in [-0.05, 0) is 44.0 Å². The second kappa shape index (κ2) is 8.39. The van der Waals surface area contributed by atoms with Crippen LogP contribution in [0.25, 0.3) is 0 Å². The zero-order valence-corrected chi connectivity index (χ0v) is 15.9. The van der Waals surface area contributed by atoms with Crippen molar-refractivity contribution in [2.45, 2.75) is 31.7 Å². The Kier molecular flexibility index (Phi) is 6.20. The number of carbonyl (C=O) groups excluding carboxylic acids is 1. The van der Waals surface area contributed by atoms with E-state index in [0.29, 0.717) is 13.1 Å². The third-order valence-corrected chi connectivity index (χ3v) is 5.73. The van der Waals surface area contributed by atoms with E-state index in [1.807, 2.05) is 24.1 Å². The van der Waals surface area contributed by atoms with Gasteiger partial charge < -0.3 is 20.3 Å². The molecule has 1 aromatic carbocycles. The standard InChI is InChI=1S/C19H28ClN3O2/c1-21-10-15-17(25-2)7-6-16(20)18(15)13-11-22-12-14(13)19(24)23-8-4-3-5-9-23/h6-7,13-14,21-22H,3-5,8-12H2,1-2H3/t13-,14?/m1/s1. The van der Waals surface area contributed by atoms with Crippen molar-refractivity contribution in [1.82, 2.24) is 15.5 Å². The molecule has 0 aliphatic carbocycles. The molecule has 0 radical (unpaired) electrons. The normalized spacial score (nSPS) is 23.7. The van der Waals surface area contributed by atoms with Crippen LogP contribution in [0.4, 0.5) is 0 Å². The van der Waals surface area contributed by atoms with Crippen molar-refractivity contribution in [3.8, 4) is 5.75 Å². The topological polar surface area (TPSA) is 53.6 Å². The van der Waals surface area contributed by atoms with E-state index in [0.717, 1.165) is 54.4 Å². The van der Waals surface area contributed by atoms with Gasteiger partial charge in [-0.3, -0.25) is 4.79 Å². The number of nitrogens with one attached hydrogen (secondary N) is 2. The lowest BCUT2D eigenvalue weighted by Crippen LogP contribution is -2.41. The summed E-state index contributed by atoms with van der Waals surface area (Å²) in [5.41, 5.74) is 2.11. The molecule has 0 aromatic heterocycles.